The molecule has 1 heterocycles. The molecule has 0 aliphatic rings. The molecule has 1 aromatic heterocycles. The molecule has 0 N–H and O–H groups in total. The van der Waals surface area contributed by atoms with E-state index in [1.165, 1.54) is 6.26 Å². The highest BCUT2D eigenvalue weighted by Crippen LogP contribution is 2.31. The third-order valence-electron chi connectivity index (χ3n) is 1.31. The molecule has 10 heavy (non-hydrogen) atoms. The quantitative estimate of drug-likeness (QED) is 0.628. The molecule has 0 amide bonds. The molecule has 0 bridgehead atoms. The molecule has 0 saturated carbocycles. The smallest absolute Gasteiger partial charge is 0.202 e. The van der Waals surface area contributed by atoms with Crippen molar-refractivity contribution in [2.24, 2.45) is 0 Å². The molecule has 0 aromatic carbocycles. The number of rotatable bonds is 2. The van der Waals surface area contributed by atoms with Gasteiger partial charge in [0, 0.05) is 0 Å². The molecule has 3 heteroatoms. The Hall–Kier alpha value is -1.12. The van der Waals surface area contributed by atoms with Gasteiger partial charge in [-0.1, -0.05) is 0 Å². The molecule has 0 aliphatic carbocycles. The molecule has 56 valence electrons. The van der Waals surface area contributed by atoms with E-state index in [0.29, 0.717) is 11.5 Å². The Morgan fingerprint density at radius 2 is 2.00 bits per heavy atom. The van der Waals surface area contributed by atoms with Crippen LogP contribution in [-0.2, 0) is 0 Å². The zero-order valence-electron chi connectivity index (χ0n) is 6.30. The molecule has 0 saturated heterocycles. The molecular weight excluding hydrogens is 132 g/mol. The maximum Gasteiger partial charge on any atom is 0.202 e. The van der Waals surface area contributed by atoms with Crippen molar-refractivity contribution in [3.05, 3.63) is 12.0 Å². The Kier molecular flexibility index (Phi) is 1.85. The summed E-state index contributed by atoms with van der Waals surface area (Å²) in [5.74, 6) is 2.04. The van der Waals surface area contributed by atoms with Gasteiger partial charge >= 0.3 is 0 Å². The number of hydrogen-bond donors (Lipinski definition) is 0. The fraction of sp³-hybridized carbons (Fsp3) is 0.429. The van der Waals surface area contributed by atoms with Gasteiger partial charge in [-0.25, -0.2) is 0 Å². The first-order valence-electron chi connectivity index (χ1n) is 2.95. The van der Waals surface area contributed by atoms with Crippen molar-refractivity contribution < 1.29 is 13.9 Å². The zero-order chi connectivity index (χ0) is 7.56. The van der Waals surface area contributed by atoms with Gasteiger partial charge in [-0.15, -0.1) is 0 Å². The third-order valence-corrected chi connectivity index (χ3v) is 1.31. The second-order valence-corrected chi connectivity index (χ2v) is 1.89. The van der Waals surface area contributed by atoms with Crippen LogP contribution in [0.15, 0.2) is 10.7 Å². The summed E-state index contributed by atoms with van der Waals surface area (Å²) in [6.07, 6.45) is 1.52. The van der Waals surface area contributed by atoms with Crippen molar-refractivity contribution in [2.75, 3.05) is 14.2 Å². The minimum atomic E-state index is 0.639. The maximum atomic E-state index is 5.03. The Morgan fingerprint density at radius 3 is 2.40 bits per heavy atom. The van der Waals surface area contributed by atoms with Gasteiger partial charge in [0.05, 0.1) is 14.2 Å². The summed E-state index contributed by atoms with van der Waals surface area (Å²) < 4.78 is 15.0. The summed E-state index contributed by atoms with van der Waals surface area (Å²) in [5.41, 5.74) is 0. The molecule has 0 unspecified atom stereocenters. The van der Waals surface area contributed by atoms with Gasteiger partial charge in [0.1, 0.15) is 12.0 Å². The Morgan fingerprint density at radius 1 is 1.30 bits per heavy atom. The van der Waals surface area contributed by atoms with E-state index in [-0.39, 0.29) is 0 Å². The third kappa shape index (κ3) is 0.943. The summed E-state index contributed by atoms with van der Waals surface area (Å²) in [6.45, 7) is 1.82. The van der Waals surface area contributed by atoms with E-state index in [2.05, 4.69) is 0 Å². The monoisotopic (exact) mass is 142 g/mol. The first-order chi connectivity index (χ1) is 4.79. The second kappa shape index (κ2) is 2.64. The van der Waals surface area contributed by atoms with Gasteiger partial charge in [0.15, 0.2) is 5.75 Å². The van der Waals surface area contributed by atoms with Gasteiger partial charge in [0.2, 0.25) is 5.75 Å². The van der Waals surface area contributed by atoms with Gasteiger partial charge < -0.3 is 13.9 Å². The van der Waals surface area contributed by atoms with E-state index in [4.69, 9.17) is 13.9 Å². The summed E-state index contributed by atoms with van der Waals surface area (Å²) in [5, 5.41) is 0. The van der Waals surface area contributed by atoms with E-state index >= 15 is 0 Å². The molecule has 3 nitrogen and oxygen atoms in total. The van der Waals surface area contributed by atoms with Crippen LogP contribution in [0.25, 0.3) is 0 Å². The van der Waals surface area contributed by atoms with E-state index in [9.17, 15) is 0 Å². The molecule has 0 spiro atoms. The van der Waals surface area contributed by atoms with Gasteiger partial charge in [0.25, 0.3) is 0 Å². The summed E-state index contributed by atoms with van der Waals surface area (Å²) in [4.78, 5) is 0. The van der Waals surface area contributed by atoms with E-state index in [1.54, 1.807) is 14.2 Å². The first kappa shape index (κ1) is 6.99. The lowest BCUT2D eigenvalue weighted by atomic mass is 10.4. The van der Waals surface area contributed by atoms with Crippen molar-refractivity contribution in [1.29, 1.82) is 0 Å². The largest absolute Gasteiger partial charge is 0.490 e. The van der Waals surface area contributed by atoms with E-state index in [0.717, 1.165) is 5.76 Å². The maximum absolute atomic E-state index is 5.03. The van der Waals surface area contributed by atoms with Crippen LogP contribution in [0.4, 0.5) is 0 Å². The Balaban J connectivity index is 3.01. The predicted molar refractivity (Wildman–Crippen MR) is 36.5 cm³/mol. The SMILES string of the molecule is COc1coc(C)c1OC. The van der Waals surface area contributed by atoms with Crippen LogP contribution in [0, 0.1) is 6.92 Å². The number of furan rings is 1. The number of hydrogen-bond acceptors (Lipinski definition) is 3. The van der Waals surface area contributed by atoms with E-state index in [1.807, 2.05) is 6.92 Å². The van der Waals surface area contributed by atoms with Gasteiger partial charge in [-0.3, -0.25) is 0 Å². The van der Waals surface area contributed by atoms with Crippen LogP contribution in [0.2, 0.25) is 0 Å². The highest BCUT2D eigenvalue weighted by atomic mass is 16.5. The highest BCUT2D eigenvalue weighted by molar-refractivity contribution is 5.40. The van der Waals surface area contributed by atoms with Crippen molar-refractivity contribution in [2.45, 2.75) is 6.92 Å². The zero-order valence-corrected chi connectivity index (χ0v) is 6.30. The molecule has 0 atom stereocenters. The molecular formula is C7H10O3. The average molecular weight is 142 g/mol. The molecule has 0 radical (unpaired) electrons. The van der Waals surface area contributed by atoms with E-state index < -0.39 is 0 Å². The predicted octanol–water partition coefficient (Wildman–Crippen LogP) is 1.61. The molecule has 1 rings (SSSR count). The summed E-state index contributed by atoms with van der Waals surface area (Å²) >= 11 is 0. The van der Waals surface area contributed by atoms with Crippen molar-refractivity contribution in [3.63, 3.8) is 0 Å². The average Bonchev–Trinajstić information content (AvgIpc) is 2.30. The topological polar surface area (TPSA) is 31.6 Å². The number of ether oxygens (including phenoxy) is 2. The van der Waals surface area contributed by atoms with Crippen LogP contribution in [-0.4, -0.2) is 14.2 Å². The molecule has 0 fully saturated rings. The van der Waals surface area contributed by atoms with Crippen LogP contribution in [0.1, 0.15) is 5.76 Å². The highest BCUT2D eigenvalue weighted by Gasteiger charge is 2.09. The van der Waals surface area contributed by atoms with Crippen LogP contribution >= 0.6 is 0 Å². The second-order valence-electron chi connectivity index (χ2n) is 1.89. The van der Waals surface area contributed by atoms with Crippen molar-refractivity contribution in [1.82, 2.24) is 0 Å². The Labute approximate surface area is 59.5 Å². The lowest BCUT2D eigenvalue weighted by molar-refractivity contribution is 0.356. The minimum absolute atomic E-state index is 0.639. The number of aryl methyl sites for hydroxylation is 1. The lowest BCUT2D eigenvalue weighted by Crippen LogP contribution is -1.86. The molecule has 1 aromatic rings. The van der Waals surface area contributed by atoms with Crippen LogP contribution in [0.5, 0.6) is 11.5 Å². The molecule has 0 aliphatic heterocycles. The number of methoxy groups -OCH3 is 2. The van der Waals surface area contributed by atoms with Gasteiger partial charge in [-0.2, -0.15) is 0 Å². The van der Waals surface area contributed by atoms with Crippen molar-refractivity contribution >= 4 is 0 Å². The summed E-state index contributed by atoms with van der Waals surface area (Å²) in [7, 11) is 3.16. The Bertz CT molecular complexity index is 215. The standard InChI is InChI=1S/C7H10O3/c1-5-7(9-3)6(8-2)4-10-5/h4H,1-3H3. The van der Waals surface area contributed by atoms with Crippen LogP contribution < -0.4 is 9.47 Å². The minimum Gasteiger partial charge on any atom is -0.490 e. The fourth-order valence-electron chi connectivity index (χ4n) is 0.808. The fourth-order valence-corrected chi connectivity index (χ4v) is 0.808. The van der Waals surface area contributed by atoms with Crippen molar-refractivity contribution in [3.8, 4) is 11.5 Å². The van der Waals surface area contributed by atoms with Crippen LogP contribution in [0.3, 0.4) is 0 Å². The summed E-state index contributed by atoms with van der Waals surface area (Å²) in [6, 6.07) is 0. The lowest BCUT2D eigenvalue weighted by Gasteiger charge is -1.98. The van der Waals surface area contributed by atoms with Gasteiger partial charge in [-0.05, 0) is 6.92 Å². The normalized spacial score (nSPS) is 9.50. The first-order valence-corrected chi connectivity index (χ1v) is 2.95.